The zero-order valence-electron chi connectivity index (χ0n) is 15.3. The van der Waals surface area contributed by atoms with Gasteiger partial charge in [-0.1, -0.05) is 18.2 Å². The standard InChI is InChI=1S/C19H22FN3O3S/c1-21(2)27(25,26)23(17-11-9-16(20)10-12-17)14-19(24)22-13-5-7-15-6-3-4-8-18(15)22/h3-4,6,8-12H,5,7,13-14H2,1-2H3. The van der Waals surface area contributed by atoms with Crippen LogP contribution < -0.4 is 9.21 Å². The second-order valence-electron chi connectivity index (χ2n) is 6.55. The van der Waals surface area contributed by atoms with Crippen molar-refractivity contribution in [1.82, 2.24) is 4.31 Å². The molecule has 0 atom stereocenters. The summed E-state index contributed by atoms with van der Waals surface area (Å²) in [5.41, 5.74) is 2.12. The number of amides is 1. The van der Waals surface area contributed by atoms with Crippen LogP contribution in [0.25, 0.3) is 0 Å². The molecule has 144 valence electrons. The second-order valence-corrected chi connectivity index (χ2v) is 8.62. The number of benzene rings is 2. The van der Waals surface area contributed by atoms with Gasteiger partial charge in [-0.05, 0) is 48.7 Å². The molecule has 1 aliphatic rings. The van der Waals surface area contributed by atoms with E-state index < -0.39 is 16.0 Å². The Morgan fingerprint density at radius 1 is 1.11 bits per heavy atom. The first-order chi connectivity index (χ1) is 12.8. The first-order valence-electron chi connectivity index (χ1n) is 8.65. The molecule has 0 aromatic heterocycles. The van der Waals surface area contributed by atoms with Gasteiger partial charge < -0.3 is 4.90 Å². The Morgan fingerprint density at radius 3 is 2.44 bits per heavy atom. The van der Waals surface area contributed by atoms with Crippen LogP contribution in [-0.2, 0) is 21.4 Å². The molecule has 0 unspecified atom stereocenters. The van der Waals surface area contributed by atoms with E-state index in [1.807, 2.05) is 24.3 Å². The average Bonchev–Trinajstić information content (AvgIpc) is 2.66. The van der Waals surface area contributed by atoms with Crippen molar-refractivity contribution in [3.63, 3.8) is 0 Å². The molecule has 1 aliphatic heterocycles. The fourth-order valence-electron chi connectivity index (χ4n) is 3.11. The van der Waals surface area contributed by atoms with Gasteiger partial charge >= 0.3 is 10.2 Å². The molecule has 0 saturated carbocycles. The molecule has 0 spiro atoms. The lowest BCUT2D eigenvalue weighted by Gasteiger charge is -2.33. The topological polar surface area (TPSA) is 60.9 Å². The molecule has 3 rings (SSSR count). The van der Waals surface area contributed by atoms with Gasteiger partial charge in [-0.25, -0.2) is 8.70 Å². The predicted molar refractivity (Wildman–Crippen MR) is 103 cm³/mol. The van der Waals surface area contributed by atoms with Crippen molar-refractivity contribution < 1.29 is 17.6 Å². The molecule has 6 nitrogen and oxygen atoms in total. The predicted octanol–water partition coefficient (Wildman–Crippen LogP) is 2.42. The summed E-state index contributed by atoms with van der Waals surface area (Å²) in [4.78, 5) is 14.6. The molecular weight excluding hydrogens is 369 g/mol. The zero-order chi connectivity index (χ0) is 19.6. The van der Waals surface area contributed by atoms with Gasteiger partial charge in [-0.2, -0.15) is 12.7 Å². The molecule has 2 aromatic rings. The van der Waals surface area contributed by atoms with Gasteiger partial charge in [0.25, 0.3) is 0 Å². The van der Waals surface area contributed by atoms with E-state index in [-0.39, 0.29) is 18.1 Å². The van der Waals surface area contributed by atoms with E-state index in [9.17, 15) is 17.6 Å². The van der Waals surface area contributed by atoms with Crippen molar-refractivity contribution >= 4 is 27.5 Å². The summed E-state index contributed by atoms with van der Waals surface area (Å²) in [7, 11) is -1.13. The van der Waals surface area contributed by atoms with E-state index in [0.29, 0.717) is 6.54 Å². The molecule has 2 aromatic carbocycles. The van der Waals surface area contributed by atoms with Crippen LogP contribution in [-0.4, -0.2) is 45.8 Å². The van der Waals surface area contributed by atoms with E-state index in [4.69, 9.17) is 0 Å². The molecule has 8 heteroatoms. The molecule has 0 bridgehead atoms. The third-order valence-electron chi connectivity index (χ3n) is 4.54. The van der Waals surface area contributed by atoms with Crippen molar-refractivity contribution in [2.45, 2.75) is 12.8 Å². The fraction of sp³-hybridized carbons (Fsp3) is 0.316. The number of hydrogen-bond acceptors (Lipinski definition) is 3. The van der Waals surface area contributed by atoms with Gasteiger partial charge in [0.2, 0.25) is 5.91 Å². The lowest BCUT2D eigenvalue weighted by molar-refractivity contribution is -0.117. The SMILES string of the molecule is CN(C)S(=O)(=O)N(CC(=O)N1CCCc2ccccc21)c1ccc(F)cc1. The normalized spacial score (nSPS) is 14.1. The highest BCUT2D eigenvalue weighted by atomic mass is 32.2. The lowest BCUT2D eigenvalue weighted by Crippen LogP contribution is -2.48. The molecule has 0 aliphatic carbocycles. The Kier molecular flexibility index (Phi) is 5.48. The monoisotopic (exact) mass is 391 g/mol. The van der Waals surface area contributed by atoms with Crippen LogP contribution >= 0.6 is 0 Å². The van der Waals surface area contributed by atoms with Crippen LogP contribution in [0.1, 0.15) is 12.0 Å². The van der Waals surface area contributed by atoms with Crippen molar-refractivity contribution in [3.05, 3.63) is 59.9 Å². The molecule has 1 heterocycles. The van der Waals surface area contributed by atoms with E-state index in [0.717, 1.165) is 32.7 Å². The minimum atomic E-state index is -3.92. The van der Waals surface area contributed by atoms with Gasteiger partial charge in [0.05, 0.1) is 5.69 Å². The maximum atomic E-state index is 13.3. The quantitative estimate of drug-likeness (QED) is 0.787. The number of anilines is 2. The minimum absolute atomic E-state index is 0.240. The van der Waals surface area contributed by atoms with Crippen LogP contribution in [0.4, 0.5) is 15.8 Å². The van der Waals surface area contributed by atoms with Crippen molar-refractivity contribution in [1.29, 1.82) is 0 Å². The first kappa shape index (κ1) is 19.3. The van der Waals surface area contributed by atoms with Crippen molar-refractivity contribution in [2.24, 2.45) is 0 Å². The fourth-order valence-corrected chi connectivity index (χ4v) is 4.17. The number of rotatable bonds is 5. The second kappa shape index (κ2) is 7.66. The summed E-state index contributed by atoms with van der Waals surface area (Å²) in [6.45, 7) is 0.176. The van der Waals surface area contributed by atoms with E-state index in [1.165, 1.54) is 38.4 Å². The third kappa shape index (κ3) is 3.96. The van der Waals surface area contributed by atoms with Crippen LogP contribution in [0.15, 0.2) is 48.5 Å². The van der Waals surface area contributed by atoms with Crippen LogP contribution in [0.5, 0.6) is 0 Å². The number of carbonyl (C=O) groups is 1. The molecule has 0 N–H and O–H groups in total. The zero-order valence-corrected chi connectivity index (χ0v) is 16.1. The number of hydrogen-bond donors (Lipinski definition) is 0. The van der Waals surface area contributed by atoms with Gasteiger partial charge in [0.15, 0.2) is 0 Å². The van der Waals surface area contributed by atoms with Crippen molar-refractivity contribution in [3.8, 4) is 0 Å². The maximum absolute atomic E-state index is 13.3. The molecule has 1 amide bonds. The number of fused-ring (bicyclic) bond motifs is 1. The summed E-state index contributed by atoms with van der Waals surface area (Å²) in [6.07, 6.45) is 1.71. The number of halogens is 1. The summed E-state index contributed by atoms with van der Waals surface area (Å²) in [6, 6.07) is 12.7. The van der Waals surface area contributed by atoms with Gasteiger partial charge in [-0.3, -0.25) is 4.79 Å². The molecule has 0 fully saturated rings. The maximum Gasteiger partial charge on any atom is 0.304 e. The molecule has 27 heavy (non-hydrogen) atoms. The Balaban J connectivity index is 1.93. The minimum Gasteiger partial charge on any atom is -0.311 e. The van der Waals surface area contributed by atoms with E-state index in [2.05, 4.69) is 0 Å². The average molecular weight is 391 g/mol. The summed E-state index contributed by atoms with van der Waals surface area (Å²) in [5.74, 6) is -0.797. The summed E-state index contributed by atoms with van der Waals surface area (Å²) < 4.78 is 40.8. The smallest absolute Gasteiger partial charge is 0.304 e. The summed E-state index contributed by atoms with van der Waals surface area (Å²) in [5, 5.41) is 0. The van der Waals surface area contributed by atoms with Crippen LogP contribution in [0, 0.1) is 5.82 Å². The Labute approximate surface area is 159 Å². The van der Waals surface area contributed by atoms with Gasteiger partial charge in [-0.15, -0.1) is 0 Å². The highest BCUT2D eigenvalue weighted by molar-refractivity contribution is 7.90. The molecule has 0 radical (unpaired) electrons. The third-order valence-corrected chi connectivity index (χ3v) is 6.36. The van der Waals surface area contributed by atoms with E-state index in [1.54, 1.807) is 4.90 Å². The Morgan fingerprint density at radius 2 is 1.78 bits per heavy atom. The van der Waals surface area contributed by atoms with Crippen molar-refractivity contribution in [2.75, 3.05) is 36.4 Å². The van der Waals surface area contributed by atoms with Gasteiger partial charge in [0, 0.05) is 26.3 Å². The lowest BCUT2D eigenvalue weighted by atomic mass is 10.0. The molecule has 0 saturated heterocycles. The number of carbonyl (C=O) groups excluding carboxylic acids is 1. The highest BCUT2D eigenvalue weighted by Gasteiger charge is 2.30. The number of aryl methyl sites for hydroxylation is 1. The highest BCUT2D eigenvalue weighted by Crippen LogP contribution is 2.28. The number of para-hydroxylation sites is 1. The largest absolute Gasteiger partial charge is 0.311 e. The molecular formula is C19H22FN3O3S. The first-order valence-corrected chi connectivity index (χ1v) is 10.0. The number of nitrogens with zero attached hydrogens (tertiary/aromatic N) is 3. The Hall–Kier alpha value is -2.45. The van der Waals surface area contributed by atoms with Gasteiger partial charge in [0.1, 0.15) is 12.4 Å². The Bertz CT molecular complexity index is 929. The van der Waals surface area contributed by atoms with Crippen LogP contribution in [0.3, 0.4) is 0 Å². The summed E-state index contributed by atoms with van der Waals surface area (Å²) >= 11 is 0. The van der Waals surface area contributed by atoms with Crippen LogP contribution in [0.2, 0.25) is 0 Å². The van der Waals surface area contributed by atoms with E-state index >= 15 is 0 Å².